The summed E-state index contributed by atoms with van der Waals surface area (Å²) in [6, 6.07) is 21.1. The molecule has 1 N–H and O–H groups in total. The van der Waals surface area contributed by atoms with Crippen molar-refractivity contribution in [1.82, 2.24) is 5.01 Å². The van der Waals surface area contributed by atoms with Crippen LogP contribution in [0, 0.1) is 0 Å². The lowest BCUT2D eigenvalue weighted by Gasteiger charge is -2.38. The molecule has 2 aliphatic rings. The molecule has 0 spiro atoms. The van der Waals surface area contributed by atoms with Gasteiger partial charge in [0, 0.05) is 23.1 Å². The zero-order valence-electron chi connectivity index (χ0n) is 16.8. The van der Waals surface area contributed by atoms with Crippen LogP contribution in [0.15, 0.2) is 71.8 Å². The molecule has 0 saturated heterocycles. The topological polar surface area (TPSA) is 63.5 Å². The lowest BCUT2D eigenvalue weighted by atomic mass is 9.95. The van der Waals surface area contributed by atoms with Gasteiger partial charge in [0.1, 0.15) is 23.0 Å². The number of rotatable bonds is 4. The lowest BCUT2D eigenvalue weighted by Crippen LogP contribution is -2.33. The van der Waals surface area contributed by atoms with E-state index >= 15 is 0 Å². The summed E-state index contributed by atoms with van der Waals surface area (Å²) in [5.74, 6) is 2.51. The van der Waals surface area contributed by atoms with Gasteiger partial charge in [0.05, 0.1) is 26.0 Å². The third-order valence-electron chi connectivity index (χ3n) is 5.61. The molecule has 5 rings (SSSR count). The van der Waals surface area contributed by atoms with Crippen molar-refractivity contribution in [2.24, 2.45) is 5.10 Å². The minimum absolute atomic E-state index is 0.0163. The highest BCUT2D eigenvalue weighted by molar-refractivity contribution is 6.04. The highest BCUT2D eigenvalue weighted by atomic mass is 16.5. The Morgan fingerprint density at radius 1 is 0.967 bits per heavy atom. The van der Waals surface area contributed by atoms with E-state index in [0.717, 1.165) is 28.3 Å². The van der Waals surface area contributed by atoms with E-state index in [1.165, 1.54) is 0 Å². The van der Waals surface area contributed by atoms with Gasteiger partial charge in [-0.2, -0.15) is 5.10 Å². The predicted molar refractivity (Wildman–Crippen MR) is 113 cm³/mol. The van der Waals surface area contributed by atoms with Gasteiger partial charge < -0.3 is 19.3 Å². The summed E-state index contributed by atoms with van der Waals surface area (Å²) in [6.07, 6.45) is 0.286. The first-order chi connectivity index (χ1) is 14.7. The van der Waals surface area contributed by atoms with Crippen LogP contribution in [0.4, 0.5) is 0 Å². The summed E-state index contributed by atoms with van der Waals surface area (Å²) in [7, 11) is 3.26. The van der Waals surface area contributed by atoms with Crippen LogP contribution in [0.5, 0.6) is 23.0 Å². The SMILES string of the molecule is COc1ccc([C@H]2Oc3ccccc3[C@@H]3CC(c4cc(OC)ccc4O)=NN23)cc1. The fourth-order valence-electron chi connectivity index (χ4n) is 4.06. The van der Waals surface area contributed by atoms with Crippen LogP contribution in [-0.4, -0.2) is 30.0 Å². The maximum Gasteiger partial charge on any atom is 0.213 e. The number of hydrogen-bond donors (Lipinski definition) is 1. The van der Waals surface area contributed by atoms with Crippen molar-refractivity contribution in [2.75, 3.05) is 14.2 Å². The number of phenols is 1. The lowest BCUT2D eigenvalue weighted by molar-refractivity contribution is -0.0190. The van der Waals surface area contributed by atoms with E-state index in [2.05, 4.69) is 6.07 Å². The van der Waals surface area contributed by atoms with Crippen molar-refractivity contribution in [3.63, 3.8) is 0 Å². The maximum absolute atomic E-state index is 10.5. The summed E-state index contributed by atoms with van der Waals surface area (Å²) < 4.78 is 17.0. The molecule has 0 saturated carbocycles. The first-order valence-electron chi connectivity index (χ1n) is 9.80. The molecule has 6 heteroatoms. The van der Waals surface area contributed by atoms with Crippen molar-refractivity contribution >= 4 is 5.71 Å². The number of ether oxygens (including phenoxy) is 3. The first-order valence-corrected chi connectivity index (χ1v) is 9.80. The number of para-hydroxylation sites is 1. The molecule has 2 aliphatic heterocycles. The average Bonchev–Trinajstić information content (AvgIpc) is 3.24. The fraction of sp³-hybridized carbons (Fsp3) is 0.208. The maximum atomic E-state index is 10.5. The second kappa shape index (κ2) is 7.30. The Kier molecular flexibility index (Phi) is 4.47. The van der Waals surface area contributed by atoms with Crippen LogP contribution in [-0.2, 0) is 0 Å². The molecule has 2 heterocycles. The molecule has 3 aromatic carbocycles. The molecule has 0 amide bonds. The first kappa shape index (κ1) is 18.4. The van der Waals surface area contributed by atoms with Crippen LogP contribution in [0.2, 0.25) is 0 Å². The standard InChI is InChI=1S/C24H22N2O4/c1-28-16-9-7-15(8-10-16)24-26-21(18-5-3-4-6-23(18)30-24)14-20(25-26)19-13-17(29-2)11-12-22(19)27/h3-13,21,24,27H,14H2,1-2H3/t21-,24+/m0/s1. The molecular weight excluding hydrogens is 380 g/mol. The number of benzene rings is 3. The Morgan fingerprint density at radius 3 is 2.47 bits per heavy atom. The van der Waals surface area contributed by atoms with Gasteiger partial charge in [0.15, 0.2) is 0 Å². The van der Waals surface area contributed by atoms with Crippen LogP contribution < -0.4 is 14.2 Å². The summed E-state index contributed by atoms with van der Waals surface area (Å²) in [4.78, 5) is 0. The number of hydrogen-bond acceptors (Lipinski definition) is 6. The Labute approximate surface area is 174 Å². The summed E-state index contributed by atoms with van der Waals surface area (Å²) in [5.41, 5.74) is 3.54. The van der Waals surface area contributed by atoms with E-state index in [1.807, 2.05) is 53.5 Å². The Balaban J connectivity index is 1.58. The van der Waals surface area contributed by atoms with E-state index in [9.17, 15) is 5.11 Å². The monoisotopic (exact) mass is 402 g/mol. The van der Waals surface area contributed by atoms with Crippen molar-refractivity contribution in [1.29, 1.82) is 0 Å². The van der Waals surface area contributed by atoms with Gasteiger partial charge in [0.25, 0.3) is 0 Å². The zero-order valence-corrected chi connectivity index (χ0v) is 16.8. The van der Waals surface area contributed by atoms with Crippen molar-refractivity contribution in [2.45, 2.75) is 18.7 Å². The van der Waals surface area contributed by atoms with Gasteiger partial charge in [-0.1, -0.05) is 18.2 Å². The largest absolute Gasteiger partial charge is 0.507 e. The Hall–Kier alpha value is -3.67. The van der Waals surface area contributed by atoms with E-state index in [1.54, 1.807) is 26.4 Å². The van der Waals surface area contributed by atoms with Crippen LogP contribution in [0.3, 0.4) is 0 Å². The minimum Gasteiger partial charge on any atom is -0.507 e. The molecule has 152 valence electrons. The number of aromatic hydroxyl groups is 1. The highest BCUT2D eigenvalue weighted by Gasteiger charge is 2.41. The van der Waals surface area contributed by atoms with Gasteiger partial charge in [-0.05, 0) is 48.5 Å². The van der Waals surface area contributed by atoms with E-state index in [4.69, 9.17) is 19.3 Å². The highest BCUT2D eigenvalue weighted by Crippen LogP contribution is 2.48. The van der Waals surface area contributed by atoms with Crippen molar-refractivity contribution < 1.29 is 19.3 Å². The van der Waals surface area contributed by atoms with Gasteiger partial charge in [0.2, 0.25) is 6.23 Å². The van der Waals surface area contributed by atoms with Crippen molar-refractivity contribution in [3.8, 4) is 23.0 Å². The summed E-state index contributed by atoms with van der Waals surface area (Å²) in [6.45, 7) is 0. The smallest absolute Gasteiger partial charge is 0.213 e. The third kappa shape index (κ3) is 3.01. The molecule has 0 unspecified atom stereocenters. The molecule has 0 fully saturated rings. The molecule has 3 aromatic rings. The molecular formula is C24H22N2O4. The zero-order chi connectivity index (χ0) is 20.7. The summed E-state index contributed by atoms with van der Waals surface area (Å²) >= 11 is 0. The minimum atomic E-state index is -0.374. The Morgan fingerprint density at radius 2 is 1.70 bits per heavy atom. The van der Waals surface area contributed by atoms with Crippen LogP contribution in [0.1, 0.15) is 35.4 Å². The molecule has 2 atom stereocenters. The fourth-order valence-corrected chi connectivity index (χ4v) is 4.06. The third-order valence-corrected chi connectivity index (χ3v) is 5.61. The van der Waals surface area contributed by atoms with Gasteiger partial charge in [-0.25, -0.2) is 5.01 Å². The Bertz CT molecular complexity index is 1110. The predicted octanol–water partition coefficient (Wildman–Crippen LogP) is 4.65. The van der Waals surface area contributed by atoms with E-state index in [0.29, 0.717) is 17.7 Å². The molecule has 0 bridgehead atoms. The van der Waals surface area contributed by atoms with Crippen molar-refractivity contribution in [3.05, 3.63) is 83.4 Å². The quantitative estimate of drug-likeness (QED) is 0.688. The number of phenolic OH excluding ortho intramolecular Hbond substituents is 1. The number of methoxy groups -OCH3 is 2. The second-order valence-corrected chi connectivity index (χ2v) is 7.31. The van der Waals surface area contributed by atoms with Gasteiger partial charge >= 0.3 is 0 Å². The van der Waals surface area contributed by atoms with Crippen LogP contribution in [0.25, 0.3) is 0 Å². The average molecular weight is 402 g/mol. The molecule has 0 aliphatic carbocycles. The normalized spacial score (nSPS) is 19.4. The van der Waals surface area contributed by atoms with Gasteiger partial charge in [-0.15, -0.1) is 0 Å². The van der Waals surface area contributed by atoms with Gasteiger partial charge in [-0.3, -0.25) is 0 Å². The number of fused-ring (bicyclic) bond motifs is 3. The molecule has 30 heavy (non-hydrogen) atoms. The number of hydrazone groups is 1. The van der Waals surface area contributed by atoms with E-state index < -0.39 is 0 Å². The molecule has 0 aromatic heterocycles. The van der Waals surface area contributed by atoms with Crippen LogP contribution >= 0.6 is 0 Å². The second-order valence-electron chi connectivity index (χ2n) is 7.31. The number of nitrogens with zero attached hydrogens (tertiary/aromatic N) is 2. The van der Waals surface area contributed by atoms with E-state index in [-0.39, 0.29) is 18.0 Å². The molecule has 6 nitrogen and oxygen atoms in total. The molecule has 0 radical (unpaired) electrons. The summed E-state index contributed by atoms with van der Waals surface area (Å²) in [5, 5.41) is 17.3.